The summed E-state index contributed by atoms with van der Waals surface area (Å²) in [5.41, 5.74) is 1.41. The molecule has 1 aromatic heterocycles. The number of nitrogens with one attached hydrogen (secondary N) is 1. The number of pyridine rings is 1. The largest absolute Gasteiger partial charge is 0.345 e. The van der Waals surface area contributed by atoms with Crippen molar-refractivity contribution in [2.75, 3.05) is 18.4 Å². The number of hydrogen-bond donors (Lipinski definition) is 1. The maximum Gasteiger partial charge on any atom is 0.266 e. The summed E-state index contributed by atoms with van der Waals surface area (Å²) in [6, 6.07) is 15.8. The van der Waals surface area contributed by atoms with E-state index in [0.717, 1.165) is 19.3 Å². The Kier molecular flexibility index (Phi) is 6.45. The predicted octanol–water partition coefficient (Wildman–Crippen LogP) is 4.04. The number of nitrogens with zero attached hydrogens (tertiary/aromatic N) is 3. The van der Waals surface area contributed by atoms with Gasteiger partial charge in [-0.05, 0) is 42.9 Å². The fraction of sp³-hybridized carbons (Fsp3) is 0.286. The molecule has 2 heterocycles. The third-order valence-electron chi connectivity index (χ3n) is 4.71. The van der Waals surface area contributed by atoms with E-state index in [1.807, 2.05) is 12.1 Å². The molecule has 1 saturated heterocycles. The summed E-state index contributed by atoms with van der Waals surface area (Å²) < 4.78 is 0. The number of piperidine rings is 1. The van der Waals surface area contributed by atoms with Gasteiger partial charge in [0.05, 0.1) is 5.02 Å². The number of halogens is 1. The lowest BCUT2D eigenvalue weighted by Crippen LogP contribution is -2.39. The predicted molar refractivity (Wildman–Crippen MR) is 106 cm³/mol. The van der Waals surface area contributed by atoms with Crippen LogP contribution in [0.1, 0.15) is 18.4 Å². The summed E-state index contributed by atoms with van der Waals surface area (Å²) in [5.74, 6) is 0.862. The highest BCUT2D eigenvalue weighted by molar-refractivity contribution is 6.30. The quantitative estimate of drug-likeness (QED) is 0.628. The minimum absolute atomic E-state index is 0.0771. The lowest BCUT2D eigenvalue weighted by molar-refractivity contribution is -0.128. The summed E-state index contributed by atoms with van der Waals surface area (Å²) in [5, 5.41) is 12.8. The molecule has 1 aliphatic rings. The van der Waals surface area contributed by atoms with E-state index in [9.17, 15) is 10.1 Å². The van der Waals surface area contributed by atoms with Gasteiger partial charge in [0.1, 0.15) is 17.5 Å². The first-order chi connectivity index (χ1) is 13.2. The Balaban J connectivity index is 1.54. The van der Waals surface area contributed by atoms with E-state index in [1.165, 1.54) is 18.0 Å². The lowest BCUT2D eigenvalue weighted by Gasteiger charge is -2.32. The summed E-state index contributed by atoms with van der Waals surface area (Å²) in [7, 11) is 0. The van der Waals surface area contributed by atoms with Crippen LogP contribution in [0, 0.1) is 17.2 Å². The number of benzene rings is 1. The maximum absolute atomic E-state index is 12.6. The molecule has 0 radical (unpaired) electrons. The zero-order chi connectivity index (χ0) is 19.1. The van der Waals surface area contributed by atoms with Crippen molar-refractivity contribution in [3.63, 3.8) is 0 Å². The fourth-order valence-corrected chi connectivity index (χ4v) is 3.32. The molecule has 0 spiro atoms. The molecule has 138 valence electrons. The third kappa shape index (κ3) is 5.32. The van der Waals surface area contributed by atoms with Gasteiger partial charge in [-0.2, -0.15) is 5.26 Å². The molecular weight excluding hydrogens is 360 g/mol. The average molecular weight is 381 g/mol. The van der Waals surface area contributed by atoms with Gasteiger partial charge in [-0.1, -0.05) is 41.9 Å². The van der Waals surface area contributed by atoms with Crippen LogP contribution in [0.3, 0.4) is 0 Å². The van der Waals surface area contributed by atoms with E-state index < -0.39 is 0 Å². The molecule has 1 N–H and O–H groups in total. The number of likely N-dealkylation sites (tertiary alicyclic amines) is 1. The zero-order valence-corrected chi connectivity index (χ0v) is 15.7. The van der Waals surface area contributed by atoms with Crippen LogP contribution in [0.25, 0.3) is 0 Å². The maximum atomic E-state index is 12.6. The summed E-state index contributed by atoms with van der Waals surface area (Å²) in [6.07, 6.45) is 5.85. The van der Waals surface area contributed by atoms with Gasteiger partial charge < -0.3 is 10.2 Å². The zero-order valence-electron chi connectivity index (χ0n) is 14.9. The summed E-state index contributed by atoms with van der Waals surface area (Å²) in [6.45, 7) is 1.35. The van der Waals surface area contributed by atoms with Crippen LogP contribution in [-0.2, 0) is 11.2 Å². The number of rotatable bonds is 5. The monoisotopic (exact) mass is 380 g/mol. The van der Waals surface area contributed by atoms with Gasteiger partial charge in [0.2, 0.25) is 0 Å². The van der Waals surface area contributed by atoms with E-state index in [2.05, 4.69) is 34.6 Å². The van der Waals surface area contributed by atoms with Crippen LogP contribution in [0.4, 0.5) is 5.82 Å². The van der Waals surface area contributed by atoms with Crippen LogP contribution in [0.5, 0.6) is 0 Å². The highest BCUT2D eigenvalue weighted by Crippen LogP contribution is 2.22. The SMILES string of the molecule is N#C/C(=C/Nc1ccc(Cl)cn1)C(=O)N1CCC(Cc2ccccc2)CC1. The number of aromatic nitrogens is 1. The molecule has 0 atom stereocenters. The van der Waals surface area contributed by atoms with Crippen molar-refractivity contribution < 1.29 is 4.79 Å². The van der Waals surface area contributed by atoms with Gasteiger partial charge in [0.25, 0.3) is 5.91 Å². The van der Waals surface area contributed by atoms with Crippen molar-refractivity contribution in [3.05, 3.63) is 71.0 Å². The van der Waals surface area contributed by atoms with Crippen molar-refractivity contribution in [1.82, 2.24) is 9.88 Å². The highest BCUT2D eigenvalue weighted by Gasteiger charge is 2.25. The minimum Gasteiger partial charge on any atom is -0.345 e. The van der Waals surface area contributed by atoms with Gasteiger partial charge in [-0.3, -0.25) is 4.79 Å². The van der Waals surface area contributed by atoms with Crippen LogP contribution in [0.2, 0.25) is 5.02 Å². The molecule has 1 fully saturated rings. The molecule has 0 bridgehead atoms. The minimum atomic E-state index is -0.239. The molecule has 1 amide bonds. The van der Waals surface area contributed by atoms with Crippen LogP contribution < -0.4 is 5.32 Å². The molecule has 27 heavy (non-hydrogen) atoms. The summed E-state index contributed by atoms with van der Waals surface area (Å²) in [4.78, 5) is 18.5. The number of carbonyl (C=O) groups is 1. The van der Waals surface area contributed by atoms with Crippen molar-refractivity contribution in [1.29, 1.82) is 5.26 Å². The molecule has 3 rings (SSSR count). The van der Waals surface area contributed by atoms with E-state index in [1.54, 1.807) is 17.0 Å². The second-order valence-electron chi connectivity index (χ2n) is 6.60. The molecule has 0 unspecified atom stereocenters. The topological polar surface area (TPSA) is 69.0 Å². The second kappa shape index (κ2) is 9.20. The van der Waals surface area contributed by atoms with Gasteiger partial charge in [-0.25, -0.2) is 4.98 Å². The van der Waals surface area contributed by atoms with Gasteiger partial charge in [0, 0.05) is 25.5 Å². The van der Waals surface area contributed by atoms with Gasteiger partial charge >= 0.3 is 0 Å². The van der Waals surface area contributed by atoms with Crippen molar-refractivity contribution in [3.8, 4) is 6.07 Å². The van der Waals surface area contributed by atoms with Crippen LogP contribution >= 0.6 is 11.6 Å². The Bertz CT molecular complexity index is 835. The van der Waals surface area contributed by atoms with E-state index in [0.29, 0.717) is 29.8 Å². The Hall–Kier alpha value is -2.84. The lowest BCUT2D eigenvalue weighted by atomic mass is 9.90. The molecule has 0 aliphatic carbocycles. The van der Waals surface area contributed by atoms with E-state index in [-0.39, 0.29) is 11.5 Å². The van der Waals surface area contributed by atoms with Crippen LogP contribution in [-0.4, -0.2) is 28.9 Å². The number of carbonyl (C=O) groups excluding carboxylic acids is 1. The smallest absolute Gasteiger partial charge is 0.266 e. The van der Waals surface area contributed by atoms with Crippen molar-refractivity contribution in [2.24, 2.45) is 5.92 Å². The normalized spacial score (nSPS) is 15.3. The second-order valence-corrected chi connectivity index (χ2v) is 7.04. The number of amides is 1. The number of anilines is 1. The van der Waals surface area contributed by atoms with E-state index in [4.69, 9.17) is 11.6 Å². The molecule has 6 heteroatoms. The third-order valence-corrected chi connectivity index (χ3v) is 4.94. The molecule has 2 aromatic rings. The first kappa shape index (κ1) is 18.9. The Morgan fingerprint density at radius 1 is 1.26 bits per heavy atom. The Morgan fingerprint density at radius 2 is 2.00 bits per heavy atom. The highest BCUT2D eigenvalue weighted by atomic mass is 35.5. The number of hydrogen-bond acceptors (Lipinski definition) is 4. The van der Waals surface area contributed by atoms with Crippen molar-refractivity contribution in [2.45, 2.75) is 19.3 Å². The fourth-order valence-electron chi connectivity index (χ4n) is 3.21. The number of nitriles is 1. The molecule has 1 aliphatic heterocycles. The molecule has 1 aromatic carbocycles. The molecular formula is C21H21ClN4O. The Morgan fingerprint density at radius 3 is 2.63 bits per heavy atom. The standard InChI is InChI=1S/C21H21ClN4O/c22-19-6-7-20(25-15-19)24-14-18(13-23)21(27)26-10-8-17(9-11-26)12-16-4-2-1-3-5-16/h1-7,14-15,17H,8-12H2,(H,24,25)/b18-14-. The van der Waals surface area contributed by atoms with Crippen LogP contribution in [0.15, 0.2) is 60.4 Å². The van der Waals surface area contributed by atoms with Gasteiger partial charge in [-0.15, -0.1) is 0 Å². The molecule has 0 saturated carbocycles. The molecule has 5 nitrogen and oxygen atoms in total. The average Bonchev–Trinajstić information content (AvgIpc) is 2.71. The van der Waals surface area contributed by atoms with E-state index >= 15 is 0 Å². The van der Waals surface area contributed by atoms with Gasteiger partial charge in [0.15, 0.2) is 0 Å². The first-order valence-corrected chi connectivity index (χ1v) is 9.35. The van der Waals surface area contributed by atoms with Crippen molar-refractivity contribution >= 4 is 23.3 Å². The first-order valence-electron chi connectivity index (χ1n) is 8.97. The Labute approximate surface area is 164 Å². The summed E-state index contributed by atoms with van der Waals surface area (Å²) >= 11 is 5.80.